The summed E-state index contributed by atoms with van der Waals surface area (Å²) in [6, 6.07) is 8.43. The van der Waals surface area contributed by atoms with Crippen LogP contribution in [0.5, 0.6) is 6.01 Å². The van der Waals surface area contributed by atoms with Crippen LogP contribution in [0.2, 0.25) is 0 Å². The molecule has 3 aromatic heterocycles. The predicted octanol–water partition coefficient (Wildman–Crippen LogP) is 6.76. The Morgan fingerprint density at radius 2 is 2.00 bits per heavy atom. The maximum atomic E-state index is 17.6. The molecule has 1 aliphatic carbocycles. The quantitative estimate of drug-likeness (QED) is 0.197. The average molecular weight is 710 g/mol. The average Bonchev–Trinajstić information content (AvgIpc) is 3.90. The largest absolute Gasteiger partial charge is 0.461 e. The highest BCUT2D eigenvalue weighted by atomic mass is 19.1. The van der Waals surface area contributed by atoms with E-state index in [9.17, 15) is 9.50 Å². The summed E-state index contributed by atoms with van der Waals surface area (Å²) >= 11 is 0. The van der Waals surface area contributed by atoms with Crippen molar-refractivity contribution in [1.82, 2.24) is 29.6 Å². The smallest absolute Gasteiger partial charge is 0.319 e. The lowest BCUT2D eigenvalue weighted by Crippen LogP contribution is -2.43. The van der Waals surface area contributed by atoms with Crippen molar-refractivity contribution in [2.24, 2.45) is 11.8 Å². The Kier molecular flexibility index (Phi) is 7.88. The van der Waals surface area contributed by atoms with Crippen molar-refractivity contribution in [2.75, 3.05) is 44.3 Å². The van der Waals surface area contributed by atoms with Gasteiger partial charge in [0.25, 0.3) is 0 Å². The summed E-state index contributed by atoms with van der Waals surface area (Å²) in [6.07, 6.45) is 9.79. The van der Waals surface area contributed by atoms with Crippen molar-refractivity contribution >= 4 is 38.4 Å². The van der Waals surface area contributed by atoms with Crippen molar-refractivity contribution < 1.29 is 23.4 Å². The van der Waals surface area contributed by atoms with Crippen LogP contribution in [-0.4, -0.2) is 91.9 Å². The highest BCUT2D eigenvalue weighted by molar-refractivity contribution is 6.13. The number of aromatic nitrogens is 5. The van der Waals surface area contributed by atoms with Crippen molar-refractivity contribution in [1.29, 1.82) is 0 Å². The van der Waals surface area contributed by atoms with Gasteiger partial charge in [-0.05, 0) is 86.2 Å². The molecular weight excluding hydrogens is 664 g/mol. The Morgan fingerprint density at radius 3 is 2.85 bits per heavy atom. The molecule has 1 saturated carbocycles. The van der Waals surface area contributed by atoms with Crippen LogP contribution in [0.15, 0.2) is 36.7 Å². The minimum absolute atomic E-state index is 0.0835. The number of nitrogens with zero attached hydrogens (tertiary/aromatic N) is 7. The van der Waals surface area contributed by atoms with Gasteiger partial charge in [0.1, 0.15) is 29.8 Å². The van der Waals surface area contributed by atoms with Crippen LogP contribution < -0.4 is 9.64 Å². The number of piperidine rings is 1. The van der Waals surface area contributed by atoms with Gasteiger partial charge in [0.05, 0.1) is 28.7 Å². The monoisotopic (exact) mass is 709 g/mol. The fourth-order valence-corrected chi connectivity index (χ4v) is 10.3. The lowest BCUT2D eigenvalue weighted by Gasteiger charge is -2.34. The van der Waals surface area contributed by atoms with Crippen LogP contribution >= 0.6 is 0 Å². The van der Waals surface area contributed by atoms with Gasteiger partial charge in [-0.2, -0.15) is 15.1 Å². The Labute approximate surface area is 301 Å². The SMILES string of the molecule is CCc1cccc2cc3c(cnn3C3CCCCO3)c(-c3ncc4c(N5C[C@@H]6C[C@H](C5)[C@H](O)C6)nc(OC[C@@]56CCCN5C[C@H](F)C6)nc4c3F)c12. The summed E-state index contributed by atoms with van der Waals surface area (Å²) in [5, 5.41) is 18.8. The molecular formula is C40H45F2N7O3. The number of aliphatic hydroxyl groups excluding tert-OH is 1. The molecule has 5 fully saturated rings. The number of ether oxygens (including phenoxy) is 2. The fraction of sp³-hybridized carbons (Fsp3) is 0.550. The first kappa shape index (κ1) is 32.6. The van der Waals surface area contributed by atoms with E-state index in [1.165, 1.54) is 0 Å². The minimum Gasteiger partial charge on any atom is -0.461 e. The minimum atomic E-state index is -0.891. The Hall–Kier alpha value is -4.00. The maximum absolute atomic E-state index is 17.6. The van der Waals surface area contributed by atoms with Gasteiger partial charge < -0.3 is 19.5 Å². The molecule has 0 amide bonds. The highest BCUT2D eigenvalue weighted by Gasteiger charge is 2.49. The van der Waals surface area contributed by atoms with Crippen LogP contribution in [0.25, 0.3) is 43.8 Å². The van der Waals surface area contributed by atoms with E-state index in [-0.39, 0.29) is 42.1 Å². The van der Waals surface area contributed by atoms with E-state index in [2.05, 4.69) is 34.9 Å². The molecule has 10 rings (SSSR count). The molecule has 12 heteroatoms. The summed E-state index contributed by atoms with van der Waals surface area (Å²) in [5.74, 6) is 0.471. The second-order valence-corrected chi connectivity index (χ2v) is 15.9. The van der Waals surface area contributed by atoms with Gasteiger partial charge >= 0.3 is 6.01 Å². The Morgan fingerprint density at radius 1 is 1.08 bits per heavy atom. The molecule has 6 atom stereocenters. The summed E-state index contributed by atoms with van der Waals surface area (Å²) in [5.41, 5.74) is 2.60. The van der Waals surface area contributed by atoms with Crippen molar-refractivity contribution in [3.05, 3.63) is 48.0 Å². The van der Waals surface area contributed by atoms with Crippen LogP contribution in [0.1, 0.15) is 70.1 Å². The molecule has 5 aliphatic rings. The highest BCUT2D eigenvalue weighted by Crippen LogP contribution is 2.45. The third kappa shape index (κ3) is 5.19. The molecule has 1 unspecified atom stereocenters. The van der Waals surface area contributed by atoms with Gasteiger partial charge in [-0.15, -0.1) is 0 Å². The number of hydrogen-bond donors (Lipinski definition) is 1. The summed E-state index contributed by atoms with van der Waals surface area (Å²) in [7, 11) is 0. The molecule has 1 N–H and O–H groups in total. The van der Waals surface area contributed by atoms with E-state index in [0.29, 0.717) is 55.3 Å². The van der Waals surface area contributed by atoms with Gasteiger partial charge in [-0.1, -0.05) is 25.1 Å². The Bertz CT molecular complexity index is 2190. The first-order valence-electron chi connectivity index (χ1n) is 19.2. The lowest BCUT2D eigenvalue weighted by molar-refractivity contribution is -0.0366. The molecule has 7 heterocycles. The van der Waals surface area contributed by atoms with Crippen molar-refractivity contribution in [2.45, 2.75) is 88.8 Å². The maximum Gasteiger partial charge on any atom is 0.319 e. The third-order valence-corrected chi connectivity index (χ3v) is 12.7. The van der Waals surface area contributed by atoms with Gasteiger partial charge in [0.15, 0.2) is 12.0 Å². The lowest BCUT2D eigenvalue weighted by atomic mass is 9.92. The van der Waals surface area contributed by atoms with E-state index in [4.69, 9.17) is 29.5 Å². The van der Waals surface area contributed by atoms with Gasteiger partial charge in [0, 0.05) is 55.7 Å². The molecule has 5 aromatic rings. The molecule has 0 spiro atoms. The second-order valence-electron chi connectivity index (χ2n) is 15.9. The van der Waals surface area contributed by atoms with Crippen LogP contribution in [-0.2, 0) is 11.2 Å². The van der Waals surface area contributed by atoms with E-state index >= 15 is 4.39 Å². The number of halogens is 2. The van der Waals surface area contributed by atoms with Crippen LogP contribution in [0, 0.1) is 17.7 Å². The van der Waals surface area contributed by atoms with Gasteiger partial charge in [-0.25, -0.2) is 13.5 Å². The zero-order valence-corrected chi connectivity index (χ0v) is 29.6. The van der Waals surface area contributed by atoms with Gasteiger partial charge in [0.2, 0.25) is 0 Å². The predicted molar refractivity (Wildman–Crippen MR) is 195 cm³/mol. The van der Waals surface area contributed by atoms with Crippen LogP contribution in [0.3, 0.4) is 0 Å². The molecule has 2 bridgehead atoms. The summed E-state index contributed by atoms with van der Waals surface area (Å²) in [6.45, 7) is 5.62. The molecule has 4 aliphatic heterocycles. The fourth-order valence-electron chi connectivity index (χ4n) is 10.3. The molecule has 4 saturated heterocycles. The zero-order valence-electron chi connectivity index (χ0n) is 29.6. The van der Waals surface area contributed by atoms with E-state index < -0.39 is 17.5 Å². The van der Waals surface area contributed by atoms with E-state index in [1.807, 2.05) is 16.9 Å². The molecule has 10 nitrogen and oxygen atoms in total. The molecule has 52 heavy (non-hydrogen) atoms. The number of hydrogen-bond acceptors (Lipinski definition) is 9. The van der Waals surface area contributed by atoms with E-state index in [1.54, 1.807) is 6.20 Å². The number of pyridine rings is 1. The number of anilines is 1. The normalized spacial score (nSPS) is 29.2. The molecule has 2 aromatic carbocycles. The van der Waals surface area contributed by atoms with Crippen molar-refractivity contribution in [3.8, 4) is 17.3 Å². The topological polar surface area (TPSA) is 102 Å². The second kappa shape index (κ2) is 12.6. The standard InChI is InChI=1S/C40H45F2N7O3/c1-2-24-7-5-8-25-15-30-28(18-44-49(30)32-9-3-4-12-51-32)34(33(24)25)37-35(42)36-29(17-43-37)38(47-19-23-13-26(20-47)31(50)14-23)46-39(45-36)52-22-40-10-6-11-48(40)21-27(41)16-40/h5,7-8,15,17-18,23,26-27,31-32,50H,2-4,6,9-14,16,19-22H2,1H3/t23-,26-,27-,31-,32?,40+/m1/s1. The number of aliphatic hydroxyl groups is 1. The van der Waals surface area contributed by atoms with E-state index in [0.717, 1.165) is 85.2 Å². The molecule has 272 valence electrons. The van der Waals surface area contributed by atoms with Crippen molar-refractivity contribution in [3.63, 3.8) is 0 Å². The zero-order chi connectivity index (χ0) is 35.1. The number of fused-ring (bicyclic) bond motifs is 6. The molecule has 0 radical (unpaired) electrons. The number of benzene rings is 2. The Balaban J connectivity index is 1.15. The van der Waals surface area contributed by atoms with Crippen LogP contribution in [0.4, 0.5) is 14.6 Å². The van der Waals surface area contributed by atoms with Gasteiger partial charge in [-0.3, -0.25) is 9.88 Å². The number of alkyl halides is 1. The third-order valence-electron chi connectivity index (χ3n) is 12.7. The summed E-state index contributed by atoms with van der Waals surface area (Å²) in [4.78, 5) is 19.0. The number of aryl methyl sites for hydroxylation is 1. The first-order valence-corrected chi connectivity index (χ1v) is 19.2. The number of rotatable bonds is 7. The summed E-state index contributed by atoms with van der Waals surface area (Å²) < 4.78 is 46.7. The first-order chi connectivity index (χ1) is 25.4.